The maximum Gasteiger partial charge on any atom is 0.339 e. The van der Waals surface area contributed by atoms with Crippen LogP contribution in [-0.4, -0.2) is 48.3 Å². The third kappa shape index (κ3) is 5.64. The number of carboxylic acids is 1. The summed E-state index contributed by atoms with van der Waals surface area (Å²) in [6.45, 7) is 2.20. The van der Waals surface area contributed by atoms with Gasteiger partial charge >= 0.3 is 5.97 Å². The van der Waals surface area contributed by atoms with Crippen molar-refractivity contribution in [1.29, 1.82) is 0 Å². The second-order valence-corrected chi connectivity index (χ2v) is 9.05. The third-order valence-electron chi connectivity index (χ3n) is 6.35. The van der Waals surface area contributed by atoms with Crippen molar-refractivity contribution in [3.05, 3.63) is 102 Å². The molecule has 35 heavy (non-hydrogen) atoms. The van der Waals surface area contributed by atoms with E-state index in [9.17, 15) is 9.90 Å². The van der Waals surface area contributed by atoms with E-state index < -0.39 is 5.97 Å². The van der Waals surface area contributed by atoms with E-state index in [-0.39, 0.29) is 11.3 Å². The maximum atomic E-state index is 10.7. The zero-order chi connectivity index (χ0) is 24.8. The molecule has 0 aliphatic carbocycles. The van der Waals surface area contributed by atoms with Gasteiger partial charge in [0.25, 0.3) is 0 Å². The van der Waals surface area contributed by atoms with Gasteiger partial charge < -0.3 is 20.0 Å². The van der Waals surface area contributed by atoms with Crippen molar-refractivity contribution >= 4 is 28.1 Å². The Kier molecular flexibility index (Phi) is 7.68. The van der Waals surface area contributed by atoms with E-state index in [1.54, 1.807) is 18.2 Å². The number of nitrogens with zero attached hydrogens (tertiary/aromatic N) is 2. The first-order valence-corrected chi connectivity index (χ1v) is 12.0. The van der Waals surface area contributed by atoms with Crippen LogP contribution >= 0.6 is 0 Å². The maximum absolute atomic E-state index is 10.7. The molecule has 0 unspecified atom stereocenters. The zero-order valence-corrected chi connectivity index (χ0v) is 20.3. The highest BCUT2D eigenvalue weighted by molar-refractivity contribution is 6.00. The summed E-state index contributed by atoms with van der Waals surface area (Å²) >= 11 is 0. The highest BCUT2D eigenvalue weighted by atomic mass is 16.4. The summed E-state index contributed by atoms with van der Waals surface area (Å²) in [5, 5.41) is 19.8. The zero-order valence-electron chi connectivity index (χ0n) is 20.3. The van der Waals surface area contributed by atoms with E-state index >= 15 is 0 Å². The molecule has 5 heteroatoms. The van der Waals surface area contributed by atoms with E-state index in [0.29, 0.717) is 5.39 Å². The van der Waals surface area contributed by atoms with Crippen molar-refractivity contribution in [2.45, 2.75) is 19.3 Å². The van der Waals surface area contributed by atoms with Crippen LogP contribution in [0.2, 0.25) is 0 Å². The summed E-state index contributed by atoms with van der Waals surface area (Å²) in [6, 6.07) is 27.9. The predicted molar refractivity (Wildman–Crippen MR) is 143 cm³/mol. The molecule has 0 spiro atoms. The van der Waals surface area contributed by atoms with Crippen LogP contribution in [0.1, 0.15) is 27.9 Å². The molecule has 0 bridgehead atoms. The van der Waals surface area contributed by atoms with Gasteiger partial charge in [-0.15, -0.1) is 0 Å². The molecule has 0 saturated heterocycles. The van der Waals surface area contributed by atoms with Crippen LogP contribution in [0, 0.1) is 0 Å². The van der Waals surface area contributed by atoms with Crippen molar-refractivity contribution in [2.24, 2.45) is 0 Å². The Morgan fingerprint density at radius 3 is 2.00 bits per heavy atom. The van der Waals surface area contributed by atoms with E-state index in [0.717, 1.165) is 31.3 Å². The molecule has 0 aromatic heterocycles. The first-order valence-electron chi connectivity index (χ1n) is 12.0. The minimum Gasteiger partial charge on any atom is -0.506 e. The smallest absolute Gasteiger partial charge is 0.339 e. The Bertz CT molecular complexity index is 1270. The third-order valence-corrected chi connectivity index (χ3v) is 6.35. The van der Waals surface area contributed by atoms with E-state index in [2.05, 4.69) is 72.4 Å². The number of aromatic carboxylic acids is 1. The minimum absolute atomic E-state index is 0.0660. The lowest BCUT2D eigenvalue weighted by Gasteiger charge is -2.27. The Morgan fingerprint density at radius 1 is 0.829 bits per heavy atom. The van der Waals surface area contributed by atoms with Crippen LogP contribution in [0.4, 0.5) is 11.4 Å². The summed E-state index contributed by atoms with van der Waals surface area (Å²) < 4.78 is 0. The van der Waals surface area contributed by atoms with Crippen molar-refractivity contribution in [2.75, 3.05) is 32.1 Å². The fourth-order valence-electron chi connectivity index (χ4n) is 4.58. The Balaban J connectivity index is 0.000000179. The summed E-state index contributed by atoms with van der Waals surface area (Å²) in [7, 11) is 4.29. The van der Waals surface area contributed by atoms with Gasteiger partial charge in [-0.25, -0.2) is 4.79 Å². The molecule has 1 aliphatic heterocycles. The summed E-state index contributed by atoms with van der Waals surface area (Å²) in [5.41, 5.74) is 5.66. The van der Waals surface area contributed by atoms with Crippen LogP contribution < -0.4 is 4.90 Å². The number of para-hydroxylation sites is 2. The van der Waals surface area contributed by atoms with Gasteiger partial charge in [0.15, 0.2) is 0 Å². The van der Waals surface area contributed by atoms with Gasteiger partial charge in [0.05, 0.1) is 0 Å². The molecule has 0 saturated carbocycles. The fourth-order valence-corrected chi connectivity index (χ4v) is 4.58. The lowest BCUT2D eigenvalue weighted by atomic mass is 10.0. The van der Waals surface area contributed by atoms with E-state index in [1.165, 1.54) is 35.0 Å². The second-order valence-electron chi connectivity index (χ2n) is 9.05. The molecule has 4 aromatic carbocycles. The number of anilines is 2. The number of hydrogen-bond donors (Lipinski definition) is 2. The average molecular weight is 469 g/mol. The molecular weight excluding hydrogens is 436 g/mol. The van der Waals surface area contributed by atoms with E-state index in [4.69, 9.17) is 5.11 Å². The van der Waals surface area contributed by atoms with Crippen molar-refractivity contribution in [3.8, 4) is 5.75 Å². The Hall–Kier alpha value is -3.83. The average Bonchev–Trinajstić information content (AvgIpc) is 3.02. The van der Waals surface area contributed by atoms with Gasteiger partial charge in [-0.1, -0.05) is 66.7 Å². The normalized spacial score (nSPS) is 12.4. The SMILES string of the molecule is CN(C)CCCN1c2ccccc2CCc2ccccc21.O=C(O)c1ccc2ccccc2c1O. The van der Waals surface area contributed by atoms with Gasteiger partial charge in [-0.2, -0.15) is 0 Å². The fraction of sp³-hybridized carbons (Fsp3) is 0.233. The molecule has 5 rings (SSSR count). The second kappa shape index (κ2) is 11.1. The van der Waals surface area contributed by atoms with Gasteiger partial charge in [-0.3, -0.25) is 0 Å². The molecule has 0 radical (unpaired) electrons. The molecule has 0 atom stereocenters. The lowest BCUT2D eigenvalue weighted by Crippen LogP contribution is -2.23. The number of aryl methyl sites for hydroxylation is 2. The predicted octanol–water partition coefficient (Wildman–Crippen LogP) is 6.12. The molecule has 0 fully saturated rings. The molecule has 5 nitrogen and oxygen atoms in total. The molecule has 180 valence electrons. The quantitative estimate of drug-likeness (QED) is 0.370. The van der Waals surface area contributed by atoms with Crippen LogP contribution in [-0.2, 0) is 12.8 Å². The van der Waals surface area contributed by atoms with E-state index in [1.807, 2.05) is 12.1 Å². The van der Waals surface area contributed by atoms with Crippen LogP contribution in [0.25, 0.3) is 10.8 Å². The summed E-state index contributed by atoms with van der Waals surface area (Å²) in [6.07, 6.45) is 3.45. The van der Waals surface area contributed by atoms with Crippen LogP contribution in [0.5, 0.6) is 5.75 Å². The molecule has 2 N–H and O–H groups in total. The number of carboxylic acid groups (broad SMARTS) is 1. The first kappa shape index (κ1) is 24.3. The summed E-state index contributed by atoms with van der Waals surface area (Å²) in [5.74, 6) is -1.29. The number of phenols is 1. The molecule has 1 aliphatic rings. The summed E-state index contributed by atoms with van der Waals surface area (Å²) in [4.78, 5) is 15.5. The molecular formula is C30H32N2O3. The topological polar surface area (TPSA) is 64.0 Å². The number of rotatable bonds is 5. The molecule has 0 amide bonds. The Morgan fingerprint density at radius 2 is 1.40 bits per heavy atom. The lowest BCUT2D eigenvalue weighted by molar-refractivity contribution is 0.0694. The van der Waals surface area contributed by atoms with Gasteiger partial charge in [0, 0.05) is 23.3 Å². The number of aromatic hydroxyl groups is 1. The molecule has 1 heterocycles. The monoisotopic (exact) mass is 468 g/mol. The van der Waals surface area contributed by atoms with Gasteiger partial charge in [0.2, 0.25) is 0 Å². The van der Waals surface area contributed by atoms with Gasteiger partial charge in [0.1, 0.15) is 11.3 Å². The number of carbonyl (C=O) groups is 1. The first-order chi connectivity index (χ1) is 17.0. The highest BCUT2D eigenvalue weighted by Gasteiger charge is 2.19. The minimum atomic E-state index is -1.12. The number of hydrogen-bond acceptors (Lipinski definition) is 4. The van der Waals surface area contributed by atoms with Crippen molar-refractivity contribution < 1.29 is 15.0 Å². The molecule has 4 aromatic rings. The largest absolute Gasteiger partial charge is 0.506 e. The number of benzene rings is 4. The number of fused-ring (bicyclic) bond motifs is 3. The van der Waals surface area contributed by atoms with Crippen molar-refractivity contribution in [1.82, 2.24) is 4.90 Å². The van der Waals surface area contributed by atoms with Gasteiger partial charge in [-0.05, 0) is 74.6 Å². The standard InChI is InChI=1S/C19H24N2.C11H8O3/c1-20(2)14-7-15-21-18-10-5-3-8-16(18)12-13-17-9-4-6-11-19(17)21;12-10-8-4-2-1-3-7(8)5-6-9(10)11(13)14/h3-6,8-11H,7,12-15H2,1-2H3;1-6,12H,(H,13,14). The van der Waals surface area contributed by atoms with Crippen molar-refractivity contribution in [3.63, 3.8) is 0 Å². The Labute approximate surface area is 206 Å². The highest BCUT2D eigenvalue weighted by Crippen LogP contribution is 2.35. The van der Waals surface area contributed by atoms with Crippen LogP contribution in [0.15, 0.2) is 84.9 Å². The van der Waals surface area contributed by atoms with Crippen LogP contribution in [0.3, 0.4) is 0 Å².